The van der Waals surface area contributed by atoms with Gasteiger partial charge in [0.25, 0.3) is 5.91 Å². The van der Waals surface area contributed by atoms with Crippen molar-refractivity contribution >= 4 is 11.7 Å². The van der Waals surface area contributed by atoms with E-state index in [1.807, 2.05) is 48.4 Å². The molecule has 1 amide bonds. The lowest BCUT2D eigenvalue weighted by Gasteiger charge is -2.39. The Kier molecular flexibility index (Phi) is 6.35. The van der Waals surface area contributed by atoms with Gasteiger partial charge in [-0.05, 0) is 49.9 Å². The standard InChI is InChI=1S/C25H31N7O/c1-20-22(17-28-32(20)24-9-3-5-11-27-24)25(33)31-12-6-7-21(19-31)18-29-13-15-30(16-14-29)23-8-2-4-10-26-23/h2-5,8-11,17,21H,6-7,12-16,18-19H2,1H3. The topological polar surface area (TPSA) is 70.4 Å². The Balaban J connectivity index is 1.18. The summed E-state index contributed by atoms with van der Waals surface area (Å²) < 4.78 is 1.75. The van der Waals surface area contributed by atoms with Crippen LogP contribution in [0.4, 0.5) is 5.82 Å². The molecule has 5 rings (SSSR count). The van der Waals surface area contributed by atoms with Crippen LogP contribution in [0.15, 0.2) is 55.0 Å². The monoisotopic (exact) mass is 445 g/mol. The number of piperazine rings is 1. The lowest BCUT2D eigenvalue weighted by molar-refractivity contribution is 0.0636. The number of anilines is 1. The molecule has 0 aromatic carbocycles. The van der Waals surface area contributed by atoms with E-state index in [0.717, 1.165) is 69.6 Å². The summed E-state index contributed by atoms with van der Waals surface area (Å²) in [6, 6.07) is 11.8. The summed E-state index contributed by atoms with van der Waals surface area (Å²) >= 11 is 0. The number of carbonyl (C=O) groups is 1. The molecule has 0 radical (unpaired) electrons. The molecule has 172 valence electrons. The Morgan fingerprint density at radius 1 is 0.970 bits per heavy atom. The Morgan fingerprint density at radius 2 is 1.70 bits per heavy atom. The first-order valence-electron chi connectivity index (χ1n) is 11.8. The Labute approximate surface area is 194 Å². The average molecular weight is 446 g/mol. The highest BCUT2D eigenvalue weighted by Gasteiger charge is 2.29. The highest BCUT2D eigenvalue weighted by atomic mass is 16.2. The van der Waals surface area contributed by atoms with Crippen molar-refractivity contribution in [2.45, 2.75) is 19.8 Å². The van der Waals surface area contributed by atoms with Gasteiger partial charge in [0.05, 0.1) is 17.5 Å². The number of likely N-dealkylation sites (tertiary alicyclic amines) is 1. The minimum Gasteiger partial charge on any atom is -0.354 e. The van der Waals surface area contributed by atoms with Gasteiger partial charge >= 0.3 is 0 Å². The quantitative estimate of drug-likeness (QED) is 0.601. The number of piperidine rings is 1. The zero-order valence-corrected chi connectivity index (χ0v) is 19.2. The van der Waals surface area contributed by atoms with Crippen LogP contribution in [0.1, 0.15) is 28.9 Å². The fraction of sp³-hybridized carbons (Fsp3) is 0.440. The van der Waals surface area contributed by atoms with Crippen molar-refractivity contribution in [3.8, 4) is 5.82 Å². The number of aromatic nitrogens is 4. The summed E-state index contributed by atoms with van der Waals surface area (Å²) in [4.78, 5) is 29.1. The molecule has 0 bridgehead atoms. The van der Waals surface area contributed by atoms with Gasteiger partial charge in [-0.2, -0.15) is 5.10 Å². The van der Waals surface area contributed by atoms with E-state index in [1.165, 1.54) is 6.42 Å². The third-order valence-corrected chi connectivity index (χ3v) is 6.77. The van der Waals surface area contributed by atoms with Gasteiger partial charge in [-0.3, -0.25) is 9.69 Å². The zero-order chi connectivity index (χ0) is 22.6. The first-order valence-corrected chi connectivity index (χ1v) is 11.8. The molecule has 0 spiro atoms. The first kappa shape index (κ1) is 21.6. The van der Waals surface area contributed by atoms with Gasteiger partial charge in [-0.1, -0.05) is 12.1 Å². The summed E-state index contributed by atoms with van der Waals surface area (Å²) in [7, 11) is 0. The Morgan fingerprint density at radius 3 is 2.39 bits per heavy atom. The smallest absolute Gasteiger partial charge is 0.257 e. The maximum Gasteiger partial charge on any atom is 0.257 e. The summed E-state index contributed by atoms with van der Waals surface area (Å²) in [6.07, 6.45) is 7.52. The lowest BCUT2D eigenvalue weighted by Crippen LogP contribution is -2.50. The van der Waals surface area contributed by atoms with E-state index in [-0.39, 0.29) is 5.91 Å². The summed E-state index contributed by atoms with van der Waals surface area (Å²) in [5, 5.41) is 4.44. The van der Waals surface area contributed by atoms with Gasteiger partial charge in [0, 0.05) is 58.2 Å². The van der Waals surface area contributed by atoms with E-state index < -0.39 is 0 Å². The SMILES string of the molecule is Cc1c(C(=O)N2CCCC(CN3CCN(c4ccccn4)CC3)C2)cnn1-c1ccccn1. The Bertz CT molecular complexity index is 1060. The zero-order valence-electron chi connectivity index (χ0n) is 19.2. The molecule has 8 heteroatoms. The predicted octanol–water partition coefficient (Wildman–Crippen LogP) is 2.65. The van der Waals surface area contributed by atoms with Crippen molar-refractivity contribution in [2.75, 3.05) is 50.7 Å². The molecule has 5 heterocycles. The maximum atomic E-state index is 13.3. The van der Waals surface area contributed by atoms with Gasteiger partial charge in [0.1, 0.15) is 5.82 Å². The lowest BCUT2D eigenvalue weighted by atomic mass is 9.96. The van der Waals surface area contributed by atoms with Crippen molar-refractivity contribution in [3.05, 3.63) is 66.2 Å². The van der Waals surface area contributed by atoms with E-state index in [1.54, 1.807) is 17.1 Å². The molecule has 0 aliphatic carbocycles. The third-order valence-electron chi connectivity index (χ3n) is 6.77. The van der Waals surface area contributed by atoms with Crippen LogP contribution < -0.4 is 4.90 Å². The highest BCUT2D eigenvalue weighted by Crippen LogP contribution is 2.22. The van der Waals surface area contributed by atoms with Crippen molar-refractivity contribution < 1.29 is 4.79 Å². The van der Waals surface area contributed by atoms with Crippen LogP contribution in [0.5, 0.6) is 0 Å². The van der Waals surface area contributed by atoms with E-state index in [0.29, 0.717) is 11.5 Å². The average Bonchev–Trinajstić information content (AvgIpc) is 3.26. The van der Waals surface area contributed by atoms with E-state index in [2.05, 4.69) is 30.9 Å². The molecule has 0 saturated carbocycles. The molecule has 3 aromatic heterocycles. The molecular weight excluding hydrogens is 414 g/mol. The minimum absolute atomic E-state index is 0.0827. The highest BCUT2D eigenvalue weighted by molar-refractivity contribution is 5.95. The fourth-order valence-electron chi connectivity index (χ4n) is 4.96. The van der Waals surface area contributed by atoms with Gasteiger partial charge in [-0.15, -0.1) is 0 Å². The van der Waals surface area contributed by atoms with Gasteiger partial charge in [-0.25, -0.2) is 14.6 Å². The van der Waals surface area contributed by atoms with Crippen molar-refractivity contribution in [1.82, 2.24) is 29.5 Å². The van der Waals surface area contributed by atoms with E-state index in [9.17, 15) is 4.79 Å². The molecule has 2 fully saturated rings. The molecule has 0 N–H and O–H groups in total. The van der Waals surface area contributed by atoms with Crippen molar-refractivity contribution in [2.24, 2.45) is 5.92 Å². The minimum atomic E-state index is 0.0827. The van der Waals surface area contributed by atoms with Crippen LogP contribution >= 0.6 is 0 Å². The maximum absolute atomic E-state index is 13.3. The number of carbonyl (C=O) groups excluding carboxylic acids is 1. The number of pyridine rings is 2. The number of rotatable bonds is 5. The molecule has 3 aromatic rings. The van der Waals surface area contributed by atoms with Crippen molar-refractivity contribution in [1.29, 1.82) is 0 Å². The van der Waals surface area contributed by atoms with Crippen LogP contribution in [0.2, 0.25) is 0 Å². The van der Waals surface area contributed by atoms with Crippen LogP contribution in [-0.4, -0.2) is 81.3 Å². The largest absolute Gasteiger partial charge is 0.354 e. The second kappa shape index (κ2) is 9.70. The molecule has 2 aliphatic rings. The fourth-order valence-corrected chi connectivity index (χ4v) is 4.96. The molecule has 2 aliphatic heterocycles. The van der Waals surface area contributed by atoms with E-state index >= 15 is 0 Å². The molecule has 1 unspecified atom stereocenters. The molecule has 2 saturated heterocycles. The van der Waals surface area contributed by atoms with E-state index in [4.69, 9.17) is 0 Å². The number of amides is 1. The second-order valence-corrected chi connectivity index (χ2v) is 8.98. The van der Waals surface area contributed by atoms with Crippen LogP contribution in [0.25, 0.3) is 5.82 Å². The Hall–Kier alpha value is -3.26. The third kappa shape index (κ3) is 4.75. The molecule has 33 heavy (non-hydrogen) atoms. The van der Waals surface area contributed by atoms with Crippen LogP contribution in [-0.2, 0) is 0 Å². The second-order valence-electron chi connectivity index (χ2n) is 8.98. The van der Waals surface area contributed by atoms with Crippen molar-refractivity contribution in [3.63, 3.8) is 0 Å². The molecule has 8 nitrogen and oxygen atoms in total. The summed E-state index contributed by atoms with van der Waals surface area (Å²) in [5.74, 6) is 2.39. The predicted molar refractivity (Wildman–Crippen MR) is 128 cm³/mol. The molecular formula is C25H31N7O. The number of nitrogens with zero attached hydrogens (tertiary/aromatic N) is 7. The molecule has 1 atom stereocenters. The number of hydrogen-bond donors (Lipinski definition) is 0. The van der Waals surface area contributed by atoms with Gasteiger partial charge in [0.2, 0.25) is 0 Å². The summed E-state index contributed by atoms with van der Waals surface area (Å²) in [5.41, 5.74) is 1.51. The van der Waals surface area contributed by atoms with Crippen LogP contribution in [0, 0.1) is 12.8 Å². The van der Waals surface area contributed by atoms with Gasteiger partial charge < -0.3 is 9.80 Å². The number of hydrogen-bond acceptors (Lipinski definition) is 6. The summed E-state index contributed by atoms with van der Waals surface area (Å²) in [6.45, 7) is 8.69. The van der Waals surface area contributed by atoms with Crippen LogP contribution in [0.3, 0.4) is 0 Å². The normalized spacial score (nSPS) is 19.6. The van der Waals surface area contributed by atoms with Gasteiger partial charge in [0.15, 0.2) is 5.82 Å². The first-order chi connectivity index (χ1) is 16.2.